The summed E-state index contributed by atoms with van der Waals surface area (Å²) in [4.78, 5) is 15.1. The Morgan fingerprint density at radius 1 is 1.32 bits per heavy atom. The average Bonchev–Trinajstić information content (AvgIpc) is 2.86. The minimum absolute atomic E-state index is 0.0467. The maximum atomic E-state index is 13.4. The smallest absolute Gasteiger partial charge is 0.272 e. The van der Waals surface area contributed by atoms with Gasteiger partial charge in [-0.05, 0) is 26.7 Å². The van der Waals surface area contributed by atoms with Crippen LogP contribution < -0.4 is 0 Å². The highest BCUT2D eigenvalue weighted by molar-refractivity contribution is 5.94. The molecule has 0 spiro atoms. The first kappa shape index (κ1) is 21.3. The van der Waals surface area contributed by atoms with Gasteiger partial charge in [-0.2, -0.15) is 5.10 Å². The zero-order valence-corrected chi connectivity index (χ0v) is 17.7. The highest BCUT2D eigenvalue weighted by Crippen LogP contribution is 2.33. The summed E-state index contributed by atoms with van der Waals surface area (Å²) in [5, 5.41) is 15.7. The molecule has 0 saturated heterocycles. The van der Waals surface area contributed by atoms with Crippen molar-refractivity contribution in [3.63, 3.8) is 0 Å². The molecular formula is C21H35N3O4. The summed E-state index contributed by atoms with van der Waals surface area (Å²) in [5.41, 5.74) is 1.65. The number of likely N-dealkylation sites (N-methyl/N-ethyl adjacent to an activating group) is 1. The van der Waals surface area contributed by atoms with Crippen LogP contribution in [0.4, 0.5) is 0 Å². The molecule has 1 fully saturated rings. The number of rotatable bonds is 6. The molecule has 1 N–H and O–H groups in total. The number of methoxy groups -OCH3 is 1. The molecule has 158 valence electrons. The van der Waals surface area contributed by atoms with Gasteiger partial charge in [0.15, 0.2) is 0 Å². The number of hydrogen-bond donors (Lipinski definition) is 1. The van der Waals surface area contributed by atoms with E-state index in [9.17, 15) is 9.90 Å². The molecule has 1 aliphatic carbocycles. The second kappa shape index (κ2) is 8.93. The number of carbonyl (C=O) groups excluding carboxylic acids is 1. The Morgan fingerprint density at radius 3 is 2.64 bits per heavy atom. The molecule has 0 aromatic carbocycles. The third-order valence-corrected chi connectivity index (χ3v) is 6.02. The Hall–Kier alpha value is -1.44. The Bertz CT molecular complexity index is 679. The quantitative estimate of drug-likeness (QED) is 0.752. The molecule has 1 aliphatic heterocycles. The van der Waals surface area contributed by atoms with E-state index in [1.165, 1.54) is 0 Å². The number of aromatic nitrogens is 2. The van der Waals surface area contributed by atoms with Gasteiger partial charge in [-0.25, -0.2) is 0 Å². The largest absolute Gasteiger partial charge is 0.388 e. The topological polar surface area (TPSA) is 76.8 Å². The van der Waals surface area contributed by atoms with Gasteiger partial charge < -0.3 is 19.5 Å². The van der Waals surface area contributed by atoms with Crippen LogP contribution in [0, 0.1) is 0 Å². The van der Waals surface area contributed by atoms with Gasteiger partial charge >= 0.3 is 0 Å². The standard InChI is InChI=1S/C21H35N3O4/c1-15-13-17-18(16(2)28-15)22-24(11-12-27-4)19(17)20(25)23(3)14-21(26)9-7-5-6-8-10-21/h15-16,26H,5-14H2,1-4H3/t15-,16+/m0/s1. The van der Waals surface area contributed by atoms with E-state index in [2.05, 4.69) is 5.10 Å². The highest BCUT2D eigenvalue weighted by atomic mass is 16.5. The molecule has 0 bridgehead atoms. The molecule has 7 nitrogen and oxygen atoms in total. The normalized spacial score (nSPS) is 24.5. The maximum Gasteiger partial charge on any atom is 0.272 e. The van der Waals surface area contributed by atoms with Crippen LogP contribution in [0.2, 0.25) is 0 Å². The molecule has 1 aromatic heterocycles. The van der Waals surface area contributed by atoms with E-state index in [0.29, 0.717) is 31.8 Å². The van der Waals surface area contributed by atoms with Crippen molar-refractivity contribution in [2.45, 2.75) is 83.1 Å². The molecule has 2 atom stereocenters. The van der Waals surface area contributed by atoms with Crippen LogP contribution >= 0.6 is 0 Å². The zero-order chi connectivity index (χ0) is 20.3. The summed E-state index contributed by atoms with van der Waals surface area (Å²) in [6, 6.07) is 0. The van der Waals surface area contributed by atoms with Gasteiger partial charge in [-0.3, -0.25) is 9.48 Å². The fourth-order valence-electron chi connectivity index (χ4n) is 4.61. The molecule has 2 heterocycles. The molecule has 3 rings (SSSR count). The summed E-state index contributed by atoms with van der Waals surface area (Å²) in [6.45, 7) is 5.37. The van der Waals surface area contributed by atoms with Crippen molar-refractivity contribution in [3.8, 4) is 0 Å². The van der Waals surface area contributed by atoms with Crippen molar-refractivity contribution in [1.29, 1.82) is 0 Å². The molecule has 7 heteroatoms. The first-order valence-electron chi connectivity index (χ1n) is 10.6. The Kier molecular flexibility index (Phi) is 6.78. The van der Waals surface area contributed by atoms with E-state index in [4.69, 9.17) is 9.47 Å². The monoisotopic (exact) mass is 393 g/mol. The lowest BCUT2D eigenvalue weighted by Crippen LogP contribution is -2.44. The predicted molar refractivity (Wildman–Crippen MR) is 106 cm³/mol. The van der Waals surface area contributed by atoms with E-state index in [0.717, 1.165) is 49.8 Å². The van der Waals surface area contributed by atoms with Gasteiger partial charge in [0.05, 0.1) is 36.7 Å². The Morgan fingerprint density at radius 2 is 2.00 bits per heavy atom. The molecule has 1 aromatic rings. The number of hydrogen-bond acceptors (Lipinski definition) is 5. The van der Waals surface area contributed by atoms with Crippen LogP contribution in [0.25, 0.3) is 0 Å². The lowest BCUT2D eigenvalue weighted by Gasteiger charge is -2.32. The van der Waals surface area contributed by atoms with Crippen LogP contribution in [0.5, 0.6) is 0 Å². The lowest BCUT2D eigenvalue weighted by atomic mass is 9.93. The summed E-state index contributed by atoms with van der Waals surface area (Å²) in [5.74, 6) is -0.0798. The van der Waals surface area contributed by atoms with Gasteiger partial charge in [-0.15, -0.1) is 0 Å². The minimum Gasteiger partial charge on any atom is -0.388 e. The van der Waals surface area contributed by atoms with Crippen LogP contribution in [0.3, 0.4) is 0 Å². The summed E-state index contributed by atoms with van der Waals surface area (Å²) in [7, 11) is 3.43. The van der Waals surface area contributed by atoms with Crippen molar-refractivity contribution in [1.82, 2.24) is 14.7 Å². The molecule has 0 radical (unpaired) electrons. The SMILES string of the molecule is COCCn1nc2c(c1C(=O)N(C)CC1(O)CCCCCC1)C[C@H](C)O[C@@H]2C. The molecule has 2 aliphatic rings. The molecule has 1 saturated carbocycles. The first-order valence-corrected chi connectivity index (χ1v) is 10.6. The van der Waals surface area contributed by atoms with Gasteiger partial charge in [0, 0.05) is 32.7 Å². The number of carbonyl (C=O) groups is 1. The fourth-order valence-corrected chi connectivity index (χ4v) is 4.61. The number of amides is 1. The van der Waals surface area contributed by atoms with E-state index in [-0.39, 0.29) is 18.1 Å². The summed E-state index contributed by atoms with van der Waals surface area (Å²) >= 11 is 0. The average molecular weight is 394 g/mol. The predicted octanol–water partition coefficient (Wildman–Crippen LogP) is 2.71. The number of nitrogens with zero attached hydrogens (tertiary/aromatic N) is 3. The molecular weight excluding hydrogens is 358 g/mol. The summed E-state index contributed by atoms with van der Waals surface area (Å²) < 4.78 is 12.9. The Labute approximate surface area is 168 Å². The van der Waals surface area contributed by atoms with E-state index < -0.39 is 5.60 Å². The van der Waals surface area contributed by atoms with Crippen molar-refractivity contribution in [2.24, 2.45) is 0 Å². The molecule has 1 amide bonds. The zero-order valence-electron chi connectivity index (χ0n) is 17.7. The third kappa shape index (κ3) is 4.58. The van der Waals surface area contributed by atoms with E-state index in [1.807, 2.05) is 13.8 Å². The van der Waals surface area contributed by atoms with Crippen molar-refractivity contribution in [2.75, 3.05) is 27.3 Å². The van der Waals surface area contributed by atoms with Crippen LogP contribution in [0.15, 0.2) is 0 Å². The third-order valence-electron chi connectivity index (χ3n) is 6.02. The van der Waals surface area contributed by atoms with Crippen molar-refractivity contribution in [3.05, 3.63) is 17.0 Å². The highest BCUT2D eigenvalue weighted by Gasteiger charge is 2.36. The first-order chi connectivity index (χ1) is 13.3. The van der Waals surface area contributed by atoms with Crippen molar-refractivity contribution < 1.29 is 19.4 Å². The summed E-state index contributed by atoms with van der Waals surface area (Å²) in [6.07, 6.45) is 6.46. The van der Waals surface area contributed by atoms with Crippen LogP contribution in [-0.2, 0) is 22.4 Å². The lowest BCUT2D eigenvalue weighted by molar-refractivity contribution is -0.00774. The molecule has 0 unspecified atom stereocenters. The second-order valence-electron chi connectivity index (χ2n) is 8.52. The van der Waals surface area contributed by atoms with E-state index >= 15 is 0 Å². The van der Waals surface area contributed by atoms with Gasteiger partial charge in [0.25, 0.3) is 5.91 Å². The van der Waals surface area contributed by atoms with Gasteiger partial charge in [0.1, 0.15) is 5.69 Å². The van der Waals surface area contributed by atoms with Gasteiger partial charge in [0.2, 0.25) is 0 Å². The number of ether oxygens (including phenoxy) is 2. The minimum atomic E-state index is -0.790. The fraction of sp³-hybridized carbons (Fsp3) is 0.810. The van der Waals surface area contributed by atoms with Gasteiger partial charge in [-0.1, -0.05) is 25.7 Å². The Balaban J connectivity index is 1.86. The maximum absolute atomic E-state index is 13.4. The molecule has 28 heavy (non-hydrogen) atoms. The number of aliphatic hydroxyl groups is 1. The van der Waals surface area contributed by atoms with E-state index in [1.54, 1.807) is 23.7 Å². The van der Waals surface area contributed by atoms with Crippen LogP contribution in [0.1, 0.15) is 80.2 Å². The number of fused-ring (bicyclic) bond motifs is 1. The van der Waals surface area contributed by atoms with Crippen molar-refractivity contribution >= 4 is 5.91 Å². The second-order valence-corrected chi connectivity index (χ2v) is 8.52. The van der Waals surface area contributed by atoms with Crippen LogP contribution in [-0.4, -0.2) is 64.7 Å².